The molecule has 1 aliphatic heterocycles. The van der Waals surface area contributed by atoms with E-state index in [-0.39, 0.29) is 13.0 Å². The normalized spacial score (nSPS) is 25.8. The van der Waals surface area contributed by atoms with Crippen LogP contribution in [0.25, 0.3) is 0 Å². The summed E-state index contributed by atoms with van der Waals surface area (Å²) in [6.45, 7) is 4.03. The summed E-state index contributed by atoms with van der Waals surface area (Å²) in [6.07, 6.45) is 0.544. The average Bonchev–Trinajstić information content (AvgIpc) is 2.72. The van der Waals surface area contributed by atoms with Crippen molar-refractivity contribution in [3.05, 3.63) is 33.1 Å². The lowest BCUT2D eigenvalue weighted by atomic mass is 10.2. The Kier molecular flexibility index (Phi) is 5.94. The average molecular weight is 272 g/mol. The number of rotatable bonds is 2. The van der Waals surface area contributed by atoms with Gasteiger partial charge in [-0.15, -0.1) is 0 Å². The molecule has 0 bridgehead atoms. The van der Waals surface area contributed by atoms with E-state index in [9.17, 15) is 14.7 Å². The smallest absolute Gasteiger partial charge is 0.330 e. The summed E-state index contributed by atoms with van der Waals surface area (Å²) in [5, 5.41) is 18.5. The fraction of sp³-hybridized carbons (Fsp3) is 0.667. The minimum Gasteiger partial charge on any atom is -0.394 e. The van der Waals surface area contributed by atoms with Crippen molar-refractivity contribution >= 4 is 0 Å². The summed E-state index contributed by atoms with van der Waals surface area (Å²) in [6, 6.07) is 1.17. The van der Waals surface area contributed by atoms with E-state index in [0.29, 0.717) is 0 Å². The number of aromatic nitrogens is 2. The molecule has 3 atom stereocenters. The zero-order valence-electron chi connectivity index (χ0n) is 11.1. The number of aliphatic hydroxyl groups is 2. The third-order valence-corrected chi connectivity index (χ3v) is 2.49. The van der Waals surface area contributed by atoms with Crippen LogP contribution in [0.2, 0.25) is 0 Å². The van der Waals surface area contributed by atoms with Crippen LogP contribution in [0.3, 0.4) is 0 Å². The molecule has 1 aromatic rings. The summed E-state index contributed by atoms with van der Waals surface area (Å²) in [4.78, 5) is 24.3. The van der Waals surface area contributed by atoms with Crippen molar-refractivity contribution in [3.63, 3.8) is 0 Å². The molecule has 1 saturated heterocycles. The van der Waals surface area contributed by atoms with Gasteiger partial charge in [-0.05, 0) is 0 Å². The summed E-state index contributed by atoms with van der Waals surface area (Å²) in [5.74, 6) is 0. The van der Waals surface area contributed by atoms with Crippen molar-refractivity contribution in [1.82, 2.24) is 9.55 Å². The van der Waals surface area contributed by atoms with E-state index >= 15 is 0 Å². The van der Waals surface area contributed by atoms with Crippen molar-refractivity contribution in [2.45, 2.75) is 45.1 Å². The summed E-state index contributed by atoms with van der Waals surface area (Å²) in [5.41, 5.74) is -1.15. The van der Waals surface area contributed by atoms with Gasteiger partial charge in [0, 0.05) is 18.7 Å². The van der Waals surface area contributed by atoms with E-state index in [1.807, 2.05) is 0 Å². The van der Waals surface area contributed by atoms with Gasteiger partial charge in [-0.3, -0.25) is 14.3 Å². The number of nitrogens with zero attached hydrogens (tertiary/aromatic N) is 1. The first-order valence-electron chi connectivity index (χ1n) is 6.29. The second-order valence-corrected chi connectivity index (χ2v) is 4.36. The zero-order chi connectivity index (χ0) is 14.4. The van der Waals surface area contributed by atoms with Crippen molar-refractivity contribution in [1.29, 1.82) is 0 Å². The van der Waals surface area contributed by atoms with Gasteiger partial charge in [0.2, 0.25) is 0 Å². The predicted molar refractivity (Wildman–Crippen MR) is 68.9 cm³/mol. The Balaban J connectivity index is 0.000000550. The Labute approximate surface area is 110 Å². The van der Waals surface area contributed by atoms with Crippen molar-refractivity contribution in [2.24, 2.45) is 0 Å². The molecule has 0 saturated carbocycles. The SMILES string of the molecule is CCC.O=c1ccn(C2OC(CO)CC2O)c(=O)[nH]1. The molecule has 0 radical (unpaired) electrons. The third-order valence-electron chi connectivity index (χ3n) is 2.49. The molecule has 0 amide bonds. The van der Waals surface area contributed by atoms with Crippen molar-refractivity contribution < 1.29 is 14.9 Å². The predicted octanol–water partition coefficient (Wildman–Crippen LogP) is -0.406. The second-order valence-electron chi connectivity index (χ2n) is 4.36. The third kappa shape index (κ3) is 4.02. The Morgan fingerprint density at radius 3 is 2.58 bits per heavy atom. The number of aromatic amines is 1. The molecule has 0 spiro atoms. The van der Waals surface area contributed by atoms with Crippen LogP contribution in [0, 0.1) is 0 Å². The summed E-state index contributed by atoms with van der Waals surface area (Å²) < 4.78 is 6.37. The monoisotopic (exact) mass is 272 g/mol. The first-order valence-corrected chi connectivity index (χ1v) is 6.29. The van der Waals surface area contributed by atoms with Crippen LogP contribution in [0.5, 0.6) is 0 Å². The van der Waals surface area contributed by atoms with Crippen LogP contribution in [-0.4, -0.2) is 38.6 Å². The quantitative estimate of drug-likeness (QED) is 0.679. The number of hydrogen-bond acceptors (Lipinski definition) is 5. The van der Waals surface area contributed by atoms with Gasteiger partial charge in [-0.25, -0.2) is 4.79 Å². The van der Waals surface area contributed by atoms with Gasteiger partial charge in [0.25, 0.3) is 5.56 Å². The Bertz CT molecular complexity index is 495. The van der Waals surface area contributed by atoms with E-state index in [2.05, 4.69) is 18.8 Å². The molecule has 7 heteroatoms. The zero-order valence-corrected chi connectivity index (χ0v) is 11.1. The highest BCUT2D eigenvalue weighted by Gasteiger charge is 2.35. The summed E-state index contributed by atoms with van der Waals surface area (Å²) in [7, 11) is 0. The highest BCUT2D eigenvalue weighted by Crippen LogP contribution is 2.26. The largest absolute Gasteiger partial charge is 0.394 e. The number of hydrogen-bond donors (Lipinski definition) is 3. The maximum Gasteiger partial charge on any atom is 0.330 e. The molecule has 19 heavy (non-hydrogen) atoms. The van der Waals surface area contributed by atoms with Crippen LogP contribution in [0.15, 0.2) is 21.9 Å². The van der Waals surface area contributed by atoms with E-state index < -0.39 is 29.7 Å². The lowest BCUT2D eigenvalue weighted by Gasteiger charge is -2.16. The fourth-order valence-corrected chi connectivity index (χ4v) is 1.73. The van der Waals surface area contributed by atoms with Crippen LogP contribution in [-0.2, 0) is 4.74 Å². The van der Waals surface area contributed by atoms with Crippen LogP contribution in [0.1, 0.15) is 32.9 Å². The van der Waals surface area contributed by atoms with E-state index in [4.69, 9.17) is 9.84 Å². The van der Waals surface area contributed by atoms with Crippen LogP contribution in [0.4, 0.5) is 0 Å². The fourth-order valence-electron chi connectivity index (χ4n) is 1.73. The van der Waals surface area contributed by atoms with Crippen LogP contribution < -0.4 is 11.2 Å². The molecule has 0 aliphatic carbocycles. The Morgan fingerprint density at radius 2 is 2.11 bits per heavy atom. The van der Waals surface area contributed by atoms with Crippen molar-refractivity contribution in [2.75, 3.05) is 6.61 Å². The molecule has 2 heterocycles. The molecule has 0 aromatic carbocycles. The molecule has 108 valence electrons. The number of nitrogens with one attached hydrogen (secondary N) is 1. The van der Waals surface area contributed by atoms with Gasteiger partial charge in [0.15, 0.2) is 6.23 Å². The molecule has 1 fully saturated rings. The molecule has 1 aliphatic rings. The minimum absolute atomic E-state index is 0.217. The highest BCUT2D eigenvalue weighted by atomic mass is 16.5. The molecule has 3 N–H and O–H groups in total. The highest BCUT2D eigenvalue weighted by molar-refractivity contribution is 4.88. The van der Waals surface area contributed by atoms with Gasteiger partial charge in [-0.1, -0.05) is 20.3 Å². The molecule has 7 nitrogen and oxygen atoms in total. The topological polar surface area (TPSA) is 105 Å². The summed E-state index contributed by atoms with van der Waals surface area (Å²) >= 11 is 0. The Hall–Kier alpha value is -1.44. The number of aliphatic hydroxyl groups excluding tert-OH is 2. The lowest BCUT2D eigenvalue weighted by molar-refractivity contribution is -0.0530. The van der Waals surface area contributed by atoms with E-state index in [1.54, 1.807) is 0 Å². The first kappa shape index (κ1) is 15.6. The van der Waals surface area contributed by atoms with E-state index in [0.717, 1.165) is 4.57 Å². The Morgan fingerprint density at radius 1 is 1.47 bits per heavy atom. The van der Waals surface area contributed by atoms with Crippen molar-refractivity contribution in [3.8, 4) is 0 Å². The van der Waals surface area contributed by atoms with Gasteiger partial charge < -0.3 is 14.9 Å². The van der Waals surface area contributed by atoms with Gasteiger partial charge in [0.05, 0.1) is 12.7 Å². The lowest BCUT2D eigenvalue weighted by Crippen LogP contribution is -2.34. The molecular formula is C12H20N2O5. The van der Waals surface area contributed by atoms with Gasteiger partial charge in [-0.2, -0.15) is 0 Å². The standard InChI is InChI=1S/C9H12N2O5.C3H8/c12-4-5-3-6(13)8(16-5)11-2-1-7(14)10-9(11)15;1-3-2/h1-2,5-6,8,12-13H,3-4H2,(H,10,14,15);3H2,1-2H3. The van der Waals surface area contributed by atoms with Gasteiger partial charge in [0.1, 0.15) is 6.10 Å². The van der Waals surface area contributed by atoms with E-state index in [1.165, 1.54) is 18.7 Å². The molecule has 3 unspecified atom stereocenters. The maximum atomic E-state index is 11.4. The second kappa shape index (κ2) is 7.22. The number of H-pyrrole nitrogens is 1. The van der Waals surface area contributed by atoms with Gasteiger partial charge >= 0.3 is 5.69 Å². The maximum absolute atomic E-state index is 11.4. The molecular weight excluding hydrogens is 252 g/mol. The van der Waals surface area contributed by atoms with Crippen LogP contribution >= 0.6 is 0 Å². The number of ether oxygens (including phenoxy) is 1. The molecule has 2 rings (SSSR count). The minimum atomic E-state index is -0.874. The molecule has 1 aromatic heterocycles. The first-order chi connectivity index (χ1) is 9.03.